The molecule has 0 aliphatic rings. The molecule has 0 radical (unpaired) electrons. The summed E-state index contributed by atoms with van der Waals surface area (Å²) in [6.07, 6.45) is 1.67. The highest BCUT2D eigenvalue weighted by atomic mass is 32.1. The van der Waals surface area contributed by atoms with E-state index < -0.39 is 0 Å². The predicted molar refractivity (Wildman–Crippen MR) is 31.3 cm³/mol. The van der Waals surface area contributed by atoms with Crippen LogP contribution in [-0.4, -0.2) is 4.37 Å². The summed E-state index contributed by atoms with van der Waals surface area (Å²) in [5.41, 5.74) is 6.18. The molecular weight excluding hydrogens is 108 g/mol. The van der Waals surface area contributed by atoms with Crippen molar-refractivity contribution in [1.29, 1.82) is 0 Å². The normalized spacial score (nSPS) is 9.29. The minimum Gasteiger partial charge on any atom is -0.397 e. The van der Waals surface area contributed by atoms with Crippen molar-refractivity contribution in [3.8, 4) is 0 Å². The third kappa shape index (κ3) is 0.718. The van der Waals surface area contributed by atoms with Gasteiger partial charge in [0, 0.05) is 4.88 Å². The second kappa shape index (κ2) is 1.50. The van der Waals surface area contributed by atoms with Crippen molar-refractivity contribution in [1.82, 2.24) is 4.37 Å². The number of hydrogen-bond acceptors (Lipinski definition) is 3. The summed E-state index contributed by atoms with van der Waals surface area (Å²) in [6.45, 7) is 1.95. The lowest BCUT2D eigenvalue weighted by atomic mass is 10.5. The number of rotatable bonds is 0. The van der Waals surface area contributed by atoms with E-state index in [1.165, 1.54) is 11.5 Å². The average molecular weight is 114 g/mol. The first-order valence-corrected chi connectivity index (χ1v) is 2.75. The molecule has 0 fully saturated rings. The standard InChI is InChI=1S/C4H6N2S/c1-3-4(5)2-6-7-3/h2H,5H2,1H3. The highest BCUT2D eigenvalue weighted by Gasteiger charge is 1.89. The van der Waals surface area contributed by atoms with Gasteiger partial charge in [-0.1, -0.05) is 0 Å². The zero-order valence-corrected chi connectivity index (χ0v) is 4.83. The minimum atomic E-state index is 0.796. The third-order valence-electron chi connectivity index (χ3n) is 0.788. The van der Waals surface area contributed by atoms with Crippen molar-refractivity contribution >= 4 is 17.2 Å². The van der Waals surface area contributed by atoms with Gasteiger partial charge >= 0.3 is 0 Å². The Labute approximate surface area is 46.1 Å². The van der Waals surface area contributed by atoms with E-state index in [1.54, 1.807) is 6.20 Å². The van der Waals surface area contributed by atoms with Crippen molar-refractivity contribution < 1.29 is 0 Å². The summed E-state index contributed by atoms with van der Waals surface area (Å²) in [7, 11) is 0. The summed E-state index contributed by atoms with van der Waals surface area (Å²) < 4.78 is 3.84. The Balaban J connectivity index is 3.12. The fourth-order valence-corrected chi connectivity index (χ4v) is 0.788. The maximum Gasteiger partial charge on any atom is 0.0656 e. The molecule has 1 aromatic rings. The van der Waals surface area contributed by atoms with Crippen LogP contribution in [0, 0.1) is 6.92 Å². The van der Waals surface area contributed by atoms with Crippen LogP contribution in [0.25, 0.3) is 0 Å². The van der Waals surface area contributed by atoms with Crippen LogP contribution in [0.4, 0.5) is 5.69 Å². The van der Waals surface area contributed by atoms with Crippen molar-refractivity contribution in [3.63, 3.8) is 0 Å². The van der Waals surface area contributed by atoms with Gasteiger partial charge in [0.2, 0.25) is 0 Å². The lowest BCUT2D eigenvalue weighted by molar-refractivity contribution is 1.56. The van der Waals surface area contributed by atoms with E-state index in [-0.39, 0.29) is 0 Å². The fourth-order valence-electron chi connectivity index (χ4n) is 0.306. The van der Waals surface area contributed by atoms with Crippen LogP contribution in [0.1, 0.15) is 4.88 Å². The van der Waals surface area contributed by atoms with Crippen LogP contribution in [0.5, 0.6) is 0 Å². The van der Waals surface area contributed by atoms with Crippen molar-refractivity contribution in [2.45, 2.75) is 6.92 Å². The second-order valence-electron chi connectivity index (χ2n) is 1.34. The molecular formula is C4H6N2S. The molecule has 0 aliphatic heterocycles. The first-order chi connectivity index (χ1) is 3.30. The number of anilines is 1. The highest BCUT2D eigenvalue weighted by molar-refractivity contribution is 7.06. The lowest BCUT2D eigenvalue weighted by Crippen LogP contribution is -1.80. The Morgan fingerprint density at radius 2 is 2.57 bits per heavy atom. The van der Waals surface area contributed by atoms with Gasteiger partial charge in [0.25, 0.3) is 0 Å². The molecule has 0 aliphatic carbocycles. The molecule has 0 amide bonds. The van der Waals surface area contributed by atoms with Crippen molar-refractivity contribution in [2.75, 3.05) is 5.73 Å². The maximum atomic E-state index is 5.39. The fraction of sp³-hybridized carbons (Fsp3) is 0.250. The number of nitrogen functional groups attached to an aromatic ring is 1. The first-order valence-electron chi connectivity index (χ1n) is 1.97. The number of aromatic nitrogens is 1. The predicted octanol–water partition coefficient (Wildman–Crippen LogP) is 1.03. The van der Waals surface area contributed by atoms with E-state index in [1.807, 2.05) is 6.92 Å². The van der Waals surface area contributed by atoms with Crippen LogP contribution in [0.15, 0.2) is 6.20 Å². The highest BCUT2D eigenvalue weighted by Crippen LogP contribution is 2.11. The summed E-state index contributed by atoms with van der Waals surface area (Å²) >= 11 is 1.43. The van der Waals surface area contributed by atoms with Gasteiger partial charge in [0.1, 0.15) is 0 Å². The topological polar surface area (TPSA) is 38.9 Å². The molecule has 7 heavy (non-hydrogen) atoms. The van der Waals surface area contributed by atoms with Gasteiger partial charge in [-0.25, -0.2) is 0 Å². The molecule has 0 unspecified atom stereocenters. The molecule has 0 bridgehead atoms. The summed E-state index contributed by atoms with van der Waals surface area (Å²) in [4.78, 5) is 1.10. The van der Waals surface area contributed by atoms with Crippen LogP contribution < -0.4 is 5.73 Å². The van der Waals surface area contributed by atoms with Crippen LogP contribution in [0.3, 0.4) is 0 Å². The van der Waals surface area contributed by atoms with Gasteiger partial charge in [-0.05, 0) is 18.5 Å². The molecule has 2 N–H and O–H groups in total. The molecule has 0 saturated carbocycles. The van der Waals surface area contributed by atoms with Crippen molar-refractivity contribution in [3.05, 3.63) is 11.1 Å². The van der Waals surface area contributed by atoms with Gasteiger partial charge in [-0.2, -0.15) is 4.37 Å². The lowest BCUT2D eigenvalue weighted by Gasteiger charge is -1.78. The van der Waals surface area contributed by atoms with Gasteiger partial charge in [-0.15, -0.1) is 0 Å². The van der Waals surface area contributed by atoms with Crippen LogP contribution in [-0.2, 0) is 0 Å². The second-order valence-corrected chi connectivity index (χ2v) is 2.34. The van der Waals surface area contributed by atoms with Crippen LogP contribution >= 0.6 is 11.5 Å². The zero-order valence-electron chi connectivity index (χ0n) is 4.01. The first kappa shape index (κ1) is 4.59. The summed E-state index contributed by atoms with van der Waals surface area (Å²) in [5, 5.41) is 0. The van der Waals surface area contributed by atoms with E-state index in [2.05, 4.69) is 4.37 Å². The van der Waals surface area contributed by atoms with E-state index in [0.717, 1.165) is 10.6 Å². The molecule has 0 spiro atoms. The van der Waals surface area contributed by atoms with E-state index >= 15 is 0 Å². The Kier molecular flexibility index (Phi) is 0.982. The molecule has 1 aromatic heterocycles. The van der Waals surface area contributed by atoms with E-state index in [0.29, 0.717) is 0 Å². The Bertz CT molecular complexity index is 142. The Morgan fingerprint density at radius 3 is 2.71 bits per heavy atom. The molecule has 2 nitrogen and oxygen atoms in total. The smallest absolute Gasteiger partial charge is 0.0656 e. The van der Waals surface area contributed by atoms with Gasteiger partial charge < -0.3 is 5.73 Å². The van der Waals surface area contributed by atoms with Gasteiger partial charge in [-0.3, -0.25) is 0 Å². The quantitative estimate of drug-likeness (QED) is 0.547. The summed E-state index contributed by atoms with van der Waals surface area (Å²) in [6, 6.07) is 0. The SMILES string of the molecule is Cc1sncc1N. The van der Waals surface area contributed by atoms with Gasteiger partial charge in [0.15, 0.2) is 0 Å². The number of hydrogen-bond donors (Lipinski definition) is 1. The third-order valence-corrected chi connectivity index (χ3v) is 1.51. The zero-order chi connectivity index (χ0) is 5.28. The van der Waals surface area contributed by atoms with E-state index in [9.17, 15) is 0 Å². The monoisotopic (exact) mass is 114 g/mol. The average Bonchev–Trinajstić information content (AvgIpc) is 1.91. The largest absolute Gasteiger partial charge is 0.397 e. The number of nitrogens with two attached hydrogens (primary N) is 1. The molecule has 3 heteroatoms. The number of nitrogens with zero attached hydrogens (tertiary/aromatic N) is 1. The molecule has 1 heterocycles. The van der Waals surface area contributed by atoms with Crippen LogP contribution in [0.2, 0.25) is 0 Å². The molecule has 0 atom stereocenters. The molecule has 0 aromatic carbocycles. The minimum absolute atomic E-state index is 0.796. The Hall–Kier alpha value is -0.570. The van der Waals surface area contributed by atoms with E-state index in [4.69, 9.17) is 5.73 Å². The maximum absolute atomic E-state index is 5.39. The molecule has 38 valence electrons. The number of aryl methyl sites for hydroxylation is 1. The van der Waals surface area contributed by atoms with Gasteiger partial charge in [0.05, 0.1) is 11.9 Å². The van der Waals surface area contributed by atoms with Crippen molar-refractivity contribution in [2.24, 2.45) is 0 Å². The molecule has 1 rings (SSSR count). The summed E-state index contributed by atoms with van der Waals surface area (Å²) in [5.74, 6) is 0. The Morgan fingerprint density at radius 1 is 1.86 bits per heavy atom. The molecule has 0 saturated heterocycles.